The monoisotopic (exact) mass is 1160 g/mol. The fourth-order valence-electron chi connectivity index (χ4n) is 11.9. The van der Waals surface area contributed by atoms with E-state index in [1.54, 1.807) is 0 Å². The van der Waals surface area contributed by atoms with Crippen molar-refractivity contribution in [3.05, 3.63) is 12.2 Å². The smallest absolute Gasteiger partial charge is 0.306 e. The highest BCUT2D eigenvalue weighted by molar-refractivity contribution is 5.71. The molecule has 1 unspecified atom stereocenters. The first-order valence-electron chi connectivity index (χ1n) is 37.7. The molecule has 0 bridgehead atoms. The van der Waals surface area contributed by atoms with Crippen molar-refractivity contribution in [2.24, 2.45) is 0 Å². The second kappa shape index (κ2) is 71.6. The first-order chi connectivity index (χ1) is 40.5. The van der Waals surface area contributed by atoms with Gasteiger partial charge in [-0.2, -0.15) is 0 Å². The lowest BCUT2D eigenvalue weighted by atomic mass is 10.0. The Morgan fingerprint density at radius 1 is 0.232 bits per heavy atom. The molecule has 0 amide bonds. The summed E-state index contributed by atoms with van der Waals surface area (Å²) in [6.07, 6.45) is 87.1. The molecular formula is C76H146O6. The van der Waals surface area contributed by atoms with E-state index < -0.39 is 6.10 Å². The quantitative estimate of drug-likeness (QED) is 0.0261. The van der Waals surface area contributed by atoms with Gasteiger partial charge in [-0.05, 0) is 44.9 Å². The van der Waals surface area contributed by atoms with E-state index in [0.717, 1.165) is 57.8 Å². The van der Waals surface area contributed by atoms with Gasteiger partial charge in [0.25, 0.3) is 0 Å². The number of rotatable bonds is 71. The Morgan fingerprint density at radius 3 is 0.610 bits per heavy atom. The van der Waals surface area contributed by atoms with Gasteiger partial charge in [-0.3, -0.25) is 14.4 Å². The Balaban J connectivity index is 4.03. The van der Waals surface area contributed by atoms with Gasteiger partial charge in [-0.15, -0.1) is 0 Å². The minimum Gasteiger partial charge on any atom is -0.462 e. The summed E-state index contributed by atoms with van der Waals surface area (Å²) in [4.78, 5) is 38.4. The molecular weight excluding hydrogens is 1010 g/mol. The molecule has 0 aliphatic rings. The van der Waals surface area contributed by atoms with Gasteiger partial charge < -0.3 is 14.2 Å². The Labute approximate surface area is 513 Å². The average Bonchev–Trinajstić information content (AvgIpc) is 3.48. The molecule has 0 aromatic carbocycles. The van der Waals surface area contributed by atoms with Crippen molar-refractivity contribution in [1.29, 1.82) is 0 Å². The van der Waals surface area contributed by atoms with Gasteiger partial charge >= 0.3 is 17.9 Å². The molecule has 0 heterocycles. The lowest BCUT2D eigenvalue weighted by molar-refractivity contribution is -0.167. The fraction of sp³-hybridized carbons (Fsp3) is 0.934. The zero-order chi connectivity index (χ0) is 59.2. The summed E-state index contributed by atoms with van der Waals surface area (Å²) in [5.41, 5.74) is 0. The lowest BCUT2D eigenvalue weighted by Crippen LogP contribution is -2.30. The fourth-order valence-corrected chi connectivity index (χ4v) is 11.9. The van der Waals surface area contributed by atoms with E-state index in [0.29, 0.717) is 19.3 Å². The van der Waals surface area contributed by atoms with Crippen LogP contribution in [-0.2, 0) is 28.6 Å². The van der Waals surface area contributed by atoms with Crippen LogP contribution in [0, 0.1) is 0 Å². The number of allylic oxidation sites excluding steroid dienone is 2. The van der Waals surface area contributed by atoms with Crippen molar-refractivity contribution in [2.75, 3.05) is 13.2 Å². The summed E-state index contributed by atoms with van der Waals surface area (Å²) in [6, 6.07) is 0. The number of carbonyl (C=O) groups is 3. The van der Waals surface area contributed by atoms with Crippen molar-refractivity contribution in [1.82, 2.24) is 0 Å². The number of carbonyl (C=O) groups excluding carboxylic acids is 3. The number of hydrogen-bond acceptors (Lipinski definition) is 6. The largest absolute Gasteiger partial charge is 0.462 e. The van der Waals surface area contributed by atoms with Gasteiger partial charge in [-0.1, -0.05) is 386 Å². The van der Waals surface area contributed by atoms with Gasteiger partial charge in [-0.25, -0.2) is 0 Å². The number of ether oxygens (including phenoxy) is 3. The van der Waals surface area contributed by atoms with Crippen LogP contribution in [0.25, 0.3) is 0 Å². The Morgan fingerprint density at radius 2 is 0.402 bits per heavy atom. The van der Waals surface area contributed by atoms with Gasteiger partial charge in [0.2, 0.25) is 0 Å². The van der Waals surface area contributed by atoms with Gasteiger partial charge in [0.15, 0.2) is 6.10 Å². The Bertz CT molecular complexity index is 1280. The van der Waals surface area contributed by atoms with E-state index in [1.165, 1.54) is 340 Å². The maximum Gasteiger partial charge on any atom is 0.306 e. The third kappa shape index (κ3) is 68.9. The van der Waals surface area contributed by atoms with E-state index in [-0.39, 0.29) is 31.1 Å². The highest BCUT2D eigenvalue weighted by Gasteiger charge is 2.20. The molecule has 0 radical (unpaired) electrons. The van der Waals surface area contributed by atoms with Crippen molar-refractivity contribution in [3.8, 4) is 0 Å². The van der Waals surface area contributed by atoms with Gasteiger partial charge in [0, 0.05) is 19.3 Å². The van der Waals surface area contributed by atoms with Crippen molar-refractivity contribution < 1.29 is 28.6 Å². The molecule has 1 atom stereocenters. The van der Waals surface area contributed by atoms with Crippen LogP contribution in [0.15, 0.2) is 12.2 Å². The lowest BCUT2D eigenvalue weighted by Gasteiger charge is -2.18. The molecule has 0 rings (SSSR count). The molecule has 0 aromatic heterocycles. The molecule has 0 fully saturated rings. The summed E-state index contributed by atoms with van der Waals surface area (Å²) >= 11 is 0. The zero-order valence-corrected chi connectivity index (χ0v) is 56.1. The summed E-state index contributed by atoms with van der Waals surface area (Å²) in [5, 5.41) is 0. The van der Waals surface area contributed by atoms with Crippen LogP contribution in [0.4, 0.5) is 0 Å². The van der Waals surface area contributed by atoms with E-state index in [2.05, 4.69) is 32.9 Å². The summed E-state index contributed by atoms with van der Waals surface area (Å²) < 4.78 is 17.0. The first-order valence-corrected chi connectivity index (χ1v) is 37.7. The normalized spacial score (nSPS) is 12.0. The highest BCUT2D eigenvalue weighted by Crippen LogP contribution is 2.20. The molecule has 6 heteroatoms. The van der Waals surface area contributed by atoms with Gasteiger partial charge in [0.05, 0.1) is 0 Å². The molecule has 0 aliphatic carbocycles. The molecule has 0 saturated carbocycles. The average molecular weight is 1160 g/mol. The Kier molecular flexibility index (Phi) is 70.0. The second-order valence-electron chi connectivity index (χ2n) is 25.9. The summed E-state index contributed by atoms with van der Waals surface area (Å²) in [6.45, 7) is 6.72. The maximum atomic E-state index is 12.9. The molecule has 0 saturated heterocycles. The maximum absolute atomic E-state index is 12.9. The zero-order valence-electron chi connectivity index (χ0n) is 56.1. The van der Waals surface area contributed by atoms with Crippen LogP contribution < -0.4 is 0 Å². The molecule has 0 aromatic rings. The topological polar surface area (TPSA) is 78.9 Å². The van der Waals surface area contributed by atoms with E-state index >= 15 is 0 Å². The van der Waals surface area contributed by atoms with Crippen LogP contribution >= 0.6 is 0 Å². The molecule has 486 valence electrons. The van der Waals surface area contributed by atoms with E-state index in [4.69, 9.17) is 14.2 Å². The third-order valence-corrected chi connectivity index (χ3v) is 17.5. The summed E-state index contributed by atoms with van der Waals surface area (Å²) in [5.74, 6) is -0.826. The van der Waals surface area contributed by atoms with Gasteiger partial charge in [0.1, 0.15) is 13.2 Å². The first kappa shape index (κ1) is 80.2. The molecule has 0 N–H and O–H groups in total. The predicted molar refractivity (Wildman–Crippen MR) is 358 cm³/mol. The molecule has 82 heavy (non-hydrogen) atoms. The summed E-state index contributed by atoms with van der Waals surface area (Å²) in [7, 11) is 0. The van der Waals surface area contributed by atoms with Crippen molar-refractivity contribution in [2.45, 2.75) is 444 Å². The molecule has 0 aliphatic heterocycles. The standard InChI is InChI=1S/C76H146O6/c1-4-7-10-13-16-19-22-24-26-28-30-32-33-34-35-36-37-38-39-40-41-42-43-45-46-48-50-52-54-57-60-63-66-69-75(78)81-72-73(71-80-74(77)68-65-62-59-56-21-18-15-12-9-6-3)82-76(79)70-67-64-61-58-55-53-51-49-47-44-31-29-27-25-23-20-17-14-11-8-5-2/h28,30,73H,4-27,29,31-72H2,1-3H3/b30-28-. The van der Waals surface area contributed by atoms with E-state index in [9.17, 15) is 14.4 Å². The number of esters is 3. The van der Waals surface area contributed by atoms with Crippen LogP contribution in [-0.4, -0.2) is 37.2 Å². The van der Waals surface area contributed by atoms with Crippen LogP contribution in [0.2, 0.25) is 0 Å². The minimum atomic E-state index is -0.764. The number of hydrogen-bond donors (Lipinski definition) is 0. The third-order valence-electron chi connectivity index (χ3n) is 17.5. The molecule has 0 spiro atoms. The second-order valence-corrected chi connectivity index (χ2v) is 25.9. The number of unbranched alkanes of at least 4 members (excludes halogenated alkanes) is 58. The molecule has 6 nitrogen and oxygen atoms in total. The van der Waals surface area contributed by atoms with Crippen LogP contribution in [0.1, 0.15) is 438 Å². The van der Waals surface area contributed by atoms with Crippen LogP contribution in [0.3, 0.4) is 0 Å². The minimum absolute atomic E-state index is 0.0618. The van der Waals surface area contributed by atoms with E-state index in [1.807, 2.05) is 0 Å². The van der Waals surface area contributed by atoms with Crippen molar-refractivity contribution >= 4 is 17.9 Å². The SMILES string of the molecule is CCCCCCCCCC/C=C\CCCCCCCCCCCCCCCCCCCCCCCC(=O)OCC(COC(=O)CCCCCCCCCCCC)OC(=O)CCCCCCCCCCCCCCCCCCCCCCC. The van der Waals surface area contributed by atoms with Crippen molar-refractivity contribution in [3.63, 3.8) is 0 Å². The predicted octanol–water partition coefficient (Wildman–Crippen LogP) is 26.0. The van der Waals surface area contributed by atoms with Crippen LogP contribution in [0.5, 0.6) is 0 Å². The highest BCUT2D eigenvalue weighted by atomic mass is 16.6. The Hall–Kier alpha value is -1.85.